The number of amides is 1. The molecule has 0 bridgehead atoms. The van der Waals surface area contributed by atoms with Gasteiger partial charge in [-0.25, -0.2) is 22.9 Å². The Morgan fingerprint density at radius 2 is 1.86 bits per heavy atom. The molecule has 0 aliphatic heterocycles. The average molecular weight is 537 g/mol. The fraction of sp³-hybridized carbons (Fsp3) is 0.500. The second kappa shape index (κ2) is 14.9. The third-order valence-electron chi connectivity index (χ3n) is 5.60. The molecule has 4 N–H and O–H groups in total. The zero-order valence-corrected chi connectivity index (χ0v) is 22.5. The van der Waals surface area contributed by atoms with Crippen LogP contribution in [-0.2, 0) is 16.1 Å². The van der Waals surface area contributed by atoms with Crippen molar-refractivity contribution >= 4 is 29.2 Å². The van der Waals surface area contributed by atoms with Gasteiger partial charge in [0.1, 0.15) is 5.82 Å². The van der Waals surface area contributed by atoms with Gasteiger partial charge in [0, 0.05) is 30.6 Å². The van der Waals surface area contributed by atoms with Crippen LogP contribution < -0.4 is 9.62 Å². The minimum absolute atomic E-state index is 0.0490. The van der Waals surface area contributed by atoms with Gasteiger partial charge in [0.25, 0.3) is 11.3 Å². The zero-order valence-electron chi connectivity index (χ0n) is 21.7. The molecule has 1 unspecified atom stereocenters. The number of hydrogen-bond acceptors (Lipinski definition) is 6. The van der Waals surface area contributed by atoms with E-state index in [1.807, 2.05) is 20.8 Å². The summed E-state index contributed by atoms with van der Waals surface area (Å²) in [6.07, 6.45) is 2.66. The molecule has 1 heterocycles. The summed E-state index contributed by atoms with van der Waals surface area (Å²) in [6.45, 7) is 8.25. The summed E-state index contributed by atoms with van der Waals surface area (Å²) in [7, 11) is 0. The number of nitrogens with one attached hydrogen (secondary N) is 1. The number of rotatable bonds is 14. The van der Waals surface area contributed by atoms with E-state index in [-0.39, 0.29) is 37.2 Å². The molecule has 0 spiro atoms. The summed E-state index contributed by atoms with van der Waals surface area (Å²) in [5.41, 5.74) is 2.07. The second-order valence-corrected chi connectivity index (χ2v) is 9.88. The maximum atomic E-state index is 13.6. The van der Waals surface area contributed by atoms with Crippen LogP contribution in [0.5, 0.6) is 0 Å². The number of anilines is 1. The van der Waals surface area contributed by atoms with Gasteiger partial charge in [0.05, 0.1) is 30.0 Å². The number of aliphatic hydroxyl groups is 2. The molecule has 0 saturated carbocycles. The summed E-state index contributed by atoms with van der Waals surface area (Å²) in [5, 5.41) is 23.5. The minimum atomic E-state index is -2.35. The smallest absolute Gasteiger partial charge is 0.264 e. The summed E-state index contributed by atoms with van der Waals surface area (Å²) < 4.78 is 36.3. The van der Waals surface area contributed by atoms with E-state index in [9.17, 15) is 28.2 Å². The third-order valence-corrected chi connectivity index (χ3v) is 6.40. The Morgan fingerprint density at radius 3 is 2.43 bits per heavy atom. The Balaban J connectivity index is 2.39. The number of nitrogens with zero attached hydrogens (tertiary/aromatic N) is 3. The second-order valence-electron chi connectivity index (χ2n) is 8.98. The molecule has 0 saturated heterocycles. The van der Waals surface area contributed by atoms with Crippen LogP contribution in [0.3, 0.4) is 0 Å². The highest BCUT2D eigenvalue weighted by Gasteiger charge is 2.22. The van der Waals surface area contributed by atoms with Gasteiger partial charge >= 0.3 is 0 Å². The quantitative estimate of drug-likeness (QED) is 0.213. The molecular formula is C26H37FN4O5S. The Bertz CT molecular complexity index is 1080. The fourth-order valence-electron chi connectivity index (χ4n) is 3.68. The average Bonchev–Trinajstić information content (AvgIpc) is 2.83. The lowest BCUT2D eigenvalue weighted by molar-refractivity contribution is -0.123. The lowest BCUT2D eigenvalue weighted by Gasteiger charge is -2.21. The molecule has 2 aromatic rings. The highest BCUT2D eigenvalue weighted by molar-refractivity contribution is 7.80. The molecule has 3 atom stereocenters. The van der Waals surface area contributed by atoms with Crippen LogP contribution in [0.2, 0.25) is 0 Å². The molecule has 0 aliphatic rings. The number of aliphatic hydroxyl groups excluding tert-OH is 2. The molecule has 0 radical (unpaired) electrons. The lowest BCUT2D eigenvalue weighted by atomic mass is 9.97. The number of aromatic nitrogens is 2. The van der Waals surface area contributed by atoms with E-state index >= 15 is 0 Å². The van der Waals surface area contributed by atoms with Crippen molar-refractivity contribution in [1.82, 2.24) is 15.3 Å². The van der Waals surface area contributed by atoms with Gasteiger partial charge in [-0.3, -0.25) is 9.35 Å². The molecule has 0 aliphatic carbocycles. The molecule has 11 heteroatoms. The molecule has 0 fully saturated rings. The molecule has 1 aromatic carbocycles. The molecule has 9 nitrogen and oxygen atoms in total. The van der Waals surface area contributed by atoms with Crippen molar-refractivity contribution in [1.29, 1.82) is 0 Å². The Morgan fingerprint density at radius 1 is 1.19 bits per heavy atom. The van der Waals surface area contributed by atoms with E-state index in [4.69, 9.17) is 0 Å². The van der Waals surface area contributed by atoms with Crippen LogP contribution in [0.25, 0.3) is 17.3 Å². The number of carbonyl (C=O) groups is 1. The summed E-state index contributed by atoms with van der Waals surface area (Å²) in [6, 6.07) is 5.68. The largest absolute Gasteiger partial charge is 0.392 e. The number of carbonyl (C=O) groups excluding carboxylic acids is 1. The van der Waals surface area contributed by atoms with Crippen molar-refractivity contribution in [2.24, 2.45) is 0 Å². The van der Waals surface area contributed by atoms with E-state index in [2.05, 4.69) is 15.3 Å². The lowest BCUT2D eigenvalue weighted by Crippen LogP contribution is -2.29. The van der Waals surface area contributed by atoms with Crippen molar-refractivity contribution in [3.8, 4) is 11.3 Å². The van der Waals surface area contributed by atoms with Gasteiger partial charge < -0.3 is 15.5 Å². The summed E-state index contributed by atoms with van der Waals surface area (Å²) in [5.74, 6) is -0.771. The van der Waals surface area contributed by atoms with Crippen LogP contribution >= 0.6 is 0 Å². The summed E-state index contributed by atoms with van der Waals surface area (Å²) in [4.78, 5) is 21.0. The van der Waals surface area contributed by atoms with E-state index < -0.39 is 29.3 Å². The van der Waals surface area contributed by atoms with Crippen LogP contribution in [-0.4, -0.2) is 60.1 Å². The Hall–Kier alpha value is -2.73. The normalized spacial score (nSPS) is 14.1. The van der Waals surface area contributed by atoms with Gasteiger partial charge in [-0.1, -0.05) is 39.3 Å². The minimum Gasteiger partial charge on any atom is -0.392 e. The first-order valence-electron chi connectivity index (χ1n) is 12.4. The molecule has 204 valence electrons. The van der Waals surface area contributed by atoms with Crippen molar-refractivity contribution in [3.63, 3.8) is 0 Å². The van der Waals surface area contributed by atoms with E-state index in [1.165, 1.54) is 18.2 Å². The predicted molar refractivity (Wildman–Crippen MR) is 144 cm³/mol. The first-order valence-corrected chi connectivity index (χ1v) is 13.5. The van der Waals surface area contributed by atoms with Gasteiger partial charge in [0.15, 0.2) is 0 Å². The Labute approximate surface area is 220 Å². The van der Waals surface area contributed by atoms with Crippen molar-refractivity contribution in [3.05, 3.63) is 47.4 Å². The predicted octanol–water partition coefficient (Wildman–Crippen LogP) is 3.80. The number of halogens is 1. The van der Waals surface area contributed by atoms with E-state index in [1.54, 1.807) is 25.1 Å². The molecule has 1 aromatic heterocycles. The highest BCUT2D eigenvalue weighted by Crippen LogP contribution is 2.31. The van der Waals surface area contributed by atoms with Gasteiger partial charge in [0.2, 0.25) is 11.9 Å². The fourth-order valence-corrected chi connectivity index (χ4v) is 4.12. The first-order chi connectivity index (χ1) is 17.6. The number of hydrogen-bond donors (Lipinski definition) is 4. The Kier molecular flexibility index (Phi) is 12.3. The standard InChI is InChI=1S/C26H37FN4O5S/c1-5-7-14-28-23(34)16-21(33)15-20(32)12-13-22-24(17(3)4)29-26(31(6-2)37(35)36)30-25(22)18-8-10-19(27)11-9-18/h8-13,17,20-21,32-33H,5-7,14-16H2,1-4H3,(H,28,34)(H,35,36)/b13-12+/t20-,21-/m1/s1. The highest BCUT2D eigenvalue weighted by atomic mass is 32.2. The maximum absolute atomic E-state index is 13.6. The van der Waals surface area contributed by atoms with E-state index in [0.29, 0.717) is 29.1 Å². The SMILES string of the molecule is CCCCNC(=O)C[C@H](O)C[C@H](O)/C=C/c1c(-c2ccc(F)cc2)nc(N(CC)S(=O)O)nc1C(C)C. The molecule has 2 rings (SSSR count). The van der Waals surface area contributed by atoms with Gasteiger partial charge in [-0.05, 0) is 43.5 Å². The monoisotopic (exact) mass is 536 g/mol. The van der Waals surface area contributed by atoms with Gasteiger partial charge in [-0.15, -0.1) is 0 Å². The molecule has 37 heavy (non-hydrogen) atoms. The third kappa shape index (κ3) is 9.26. The molecular weight excluding hydrogens is 499 g/mol. The topological polar surface area (TPSA) is 136 Å². The number of benzene rings is 1. The maximum Gasteiger partial charge on any atom is 0.264 e. The van der Waals surface area contributed by atoms with E-state index in [0.717, 1.165) is 17.1 Å². The van der Waals surface area contributed by atoms with Crippen molar-refractivity contribution in [2.45, 2.75) is 71.5 Å². The van der Waals surface area contributed by atoms with Crippen molar-refractivity contribution < 1.29 is 28.2 Å². The van der Waals surface area contributed by atoms with Crippen LogP contribution in [0.1, 0.15) is 70.6 Å². The first kappa shape index (κ1) is 30.5. The van der Waals surface area contributed by atoms with Crippen LogP contribution in [0.4, 0.5) is 10.3 Å². The van der Waals surface area contributed by atoms with Crippen LogP contribution in [0, 0.1) is 5.82 Å². The van der Waals surface area contributed by atoms with Crippen molar-refractivity contribution in [2.75, 3.05) is 17.4 Å². The zero-order chi connectivity index (χ0) is 27.5. The molecule has 1 amide bonds. The van der Waals surface area contributed by atoms with Crippen LogP contribution in [0.15, 0.2) is 30.3 Å². The summed E-state index contributed by atoms with van der Waals surface area (Å²) >= 11 is -2.35. The number of unbranched alkanes of at least 4 members (excludes halogenated alkanes) is 1. The van der Waals surface area contributed by atoms with Gasteiger partial charge in [-0.2, -0.15) is 0 Å².